The van der Waals surface area contributed by atoms with E-state index in [4.69, 9.17) is 21.2 Å². The molecule has 4 heterocycles. The molecule has 0 aliphatic heterocycles. The number of hydrogen-bond donors (Lipinski definition) is 5. The van der Waals surface area contributed by atoms with Gasteiger partial charge in [0.1, 0.15) is 18.0 Å². The highest BCUT2D eigenvalue weighted by atomic mass is 19.1. The molecule has 1 aliphatic rings. The van der Waals surface area contributed by atoms with Crippen LogP contribution in [0.25, 0.3) is 34.1 Å². The molecule has 4 aromatic heterocycles. The molecule has 15 heteroatoms. The molecule has 7 rings (SSSR count). The first-order chi connectivity index (χ1) is 22.9. The first-order valence-electron chi connectivity index (χ1n) is 14.5. The van der Waals surface area contributed by atoms with Crippen molar-refractivity contribution in [2.45, 2.75) is 18.9 Å². The molecule has 0 fully saturated rings. The van der Waals surface area contributed by atoms with Crippen LogP contribution in [0.1, 0.15) is 44.3 Å². The van der Waals surface area contributed by atoms with E-state index in [2.05, 4.69) is 25.8 Å². The van der Waals surface area contributed by atoms with Crippen molar-refractivity contribution in [1.29, 1.82) is 5.53 Å². The molecule has 47 heavy (non-hydrogen) atoms. The molecule has 2 aromatic carbocycles. The van der Waals surface area contributed by atoms with Crippen molar-refractivity contribution in [3.63, 3.8) is 0 Å². The third-order valence-corrected chi connectivity index (χ3v) is 8.05. The zero-order valence-corrected chi connectivity index (χ0v) is 24.6. The summed E-state index contributed by atoms with van der Waals surface area (Å²) in [6, 6.07) is 15.6. The van der Waals surface area contributed by atoms with Gasteiger partial charge in [-0.1, -0.05) is 6.07 Å². The summed E-state index contributed by atoms with van der Waals surface area (Å²) in [5.74, 6) is -1.26. The fourth-order valence-corrected chi connectivity index (χ4v) is 5.86. The molecule has 0 bridgehead atoms. The average molecular weight is 632 g/mol. The standard InChI is InChI=1S/C32H26FN11O3/c33-26-27(37-16-38-35)22(14-18(15-45)28(26)46)32(47)41-23-7-4-17-13-19(5-6-20(17)23)44-30(21-3-1-10-36-29(21)34)40-24-8-9-25(42-31(24)44)43-12-2-11-39-43/h1-3,5-6,8-15,23,35,37,46H,4,7,16H2,(H2,34,36)(H,41,47)/t23-/m0/s1. The lowest BCUT2D eigenvalue weighted by Gasteiger charge is -2.18. The van der Waals surface area contributed by atoms with Gasteiger partial charge in [-0.05, 0) is 72.5 Å². The number of nitrogens with two attached hydrogens (primary N) is 1. The van der Waals surface area contributed by atoms with E-state index in [0.29, 0.717) is 47.0 Å². The van der Waals surface area contributed by atoms with Crippen molar-refractivity contribution in [2.75, 3.05) is 17.7 Å². The number of halogens is 1. The Kier molecular flexibility index (Phi) is 7.32. The van der Waals surface area contributed by atoms with E-state index in [1.165, 1.54) is 0 Å². The van der Waals surface area contributed by atoms with Crippen molar-refractivity contribution < 1.29 is 19.1 Å². The van der Waals surface area contributed by atoms with Crippen LogP contribution in [0.3, 0.4) is 0 Å². The second kappa shape index (κ2) is 11.8. The Morgan fingerprint density at radius 2 is 2.04 bits per heavy atom. The number of nitrogens with zero attached hydrogens (tertiary/aromatic N) is 7. The van der Waals surface area contributed by atoms with E-state index in [9.17, 15) is 19.1 Å². The first kappa shape index (κ1) is 29.2. The monoisotopic (exact) mass is 631 g/mol. The lowest BCUT2D eigenvalue weighted by Crippen LogP contribution is -2.28. The Morgan fingerprint density at radius 3 is 2.81 bits per heavy atom. The summed E-state index contributed by atoms with van der Waals surface area (Å²) < 4.78 is 18.5. The summed E-state index contributed by atoms with van der Waals surface area (Å²) in [4.78, 5) is 38.9. The highest BCUT2D eigenvalue weighted by Gasteiger charge is 2.29. The van der Waals surface area contributed by atoms with Gasteiger partial charge in [-0.2, -0.15) is 10.2 Å². The quantitative estimate of drug-likeness (QED) is 0.110. The molecular formula is C32H26FN11O3. The van der Waals surface area contributed by atoms with Crippen LogP contribution in [-0.2, 0) is 6.42 Å². The summed E-state index contributed by atoms with van der Waals surface area (Å²) in [5.41, 5.74) is 16.8. The second-order valence-electron chi connectivity index (χ2n) is 10.8. The number of rotatable bonds is 9. The van der Waals surface area contributed by atoms with Crippen LogP contribution >= 0.6 is 0 Å². The minimum absolute atomic E-state index is 0.196. The molecule has 0 spiro atoms. The highest BCUT2D eigenvalue weighted by Crippen LogP contribution is 2.37. The number of anilines is 2. The number of fused-ring (bicyclic) bond motifs is 2. The summed E-state index contributed by atoms with van der Waals surface area (Å²) in [6.07, 6.45) is 6.54. The fourth-order valence-electron chi connectivity index (χ4n) is 5.86. The van der Waals surface area contributed by atoms with E-state index in [1.807, 2.05) is 47.0 Å². The van der Waals surface area contributed by atoms with Crippen LogP contribution in [0, 0.1) is 11.3 Å². The molecule has 0 radical (unpaired) electrons. The van der Waals surface area contributed by atoms with Crippen LogP contribution in [0.4, 0.5) is 15.9 Å². The smallest absolute Gasteiger partial charge is 0.254 e. The Hall–Kier alpha value is -6.51. The van der Waals surface area contributed by atoms with Gasteiger partial charge in [0.15, 0.2) is 35.1 Å². The predicted molar refractivity (Wildman–Crippen MR) is 169 cm³/mol. The highest BCUT2D eigenvalue weighted by molar-refractivity contribution is 6.02. The number of aromatic nitrogens is 6. The number of amides is 1. The number of nitrogens with one attached hydrogen (secondary N) is 3. The van der Waals surface area contributed by atoms with E-state index in [-0.39, 0.29) is 29.8 Å². The maximum absolute atomic E-state index is 14.9. The Bertz CT molecular complexity index is 2200. The molecule has 1 amide bonds. The number of carbonyl (C=O) groups excluding carboxylic acids is 2. The lowest BCUT2D eigenvalue weighted by molar-refractivity contribution is 0.0937. The van der Waals surface area contributed by atoms with E-state index < -0.39 is 23.5 Å². The molecular weight excluding hydrogens is 605 g/mol. The Balaban J connectivity index is 1.27. The minimum Gasteiger partial charge on any atom is -0.504 e. The number of aryl methyl sites for hydroxylation is 1. The van der Waals surface area contributed by atoms with Crippen molar-refractivity contribution in [1.82, 2.24) is 34.6 Å². The summed E-state index contributed by atoms with van der Waals surface area (Å²) >= 11 is 0. The number of phenols is 1. The molecule has 0 unspecified atom stereocenters. The van der Waals surface area contributed by atoms with Gasteiger partial charge in [-0.25, -0.2) is 29.6 Å². The van der Waals surface area contributed by atoms with Gasteiger partial charge in [-0.15, -0.1) is 0 Å². The van der Waals surface area contributed by atoms with Crippen LogP contribution in [0.2, 0.25) is 0 Å². The number of carbonyl (C=O) groups is 2. The number of pyridine rings is 2. The Morgan fingerprint density at radius 1 is 1.17 bits per heavy atom. The van der Waals surface area contributed by atoms with Gasteiger partial charge in [0, 0.05) is 24.3 Å². The predicted octanol–water partition coefficient (Wildman–Crippen LogP) is 4.73. The topological polar surface area (TPSA) is 202 Å². The van der Waals surface area contributed by atoms with Crippen molar-refractivity contribution in [3.8, 4) is 28.6 Å². The third-order valence-electron chi connectivity index (χ3n) is 8.05. The van der Waals surface area contributed by atoms with Crippen molar-refractivity contribution >= 4 is 34.9 Å². The van der Waals surface area contributed by atoms with Crippen LogP contribution in [-0.4, -0.2) is 53.3 Å². The molecule has 1 atom stereocenters. The number of nitrogen functional groups attached to an aromatic ring is 1. The number of aromatic hydroxyl groups is 1. The van der Waals surface area contributed by atoms with Crippen LogP contribution in [0.5, 0.6) is 5.75 Å². The molecule has 14 nitrogen and oxygen atoms in total. The molecule has 0 saturated carbocycles. The SMILES string of the molecule is N=NCNc1c(C(=O)N[C@H]2CCc3cc(-n4c(-c5cccnc5N)nc5ccc(-n6cccn6)nc54)ccc32)cc(C=O)c(O)c1F. The van der Waals surface area contributed by atoms with Gasteiger partial charge in [-0.3, -0.25) is 14.2 Å². The number of aldehydes is 1. The maximum Gasteiger partial charge on any atom is 0.254 e. The number of phenolic OH excluding ortho intramolecular Hbond substituents is 1. The average Bonchev–Trinajstić information content (AvgIpc) is 3.84. The largest absolute Gasteiger partial charge is 0.504 e. The van der Waals surface area contributed by atoms with E-state index >= 15 is 0 Å². The first-order valence-corrected chi connectivity index (χ1v) is 14.5. The third kappa shape index (κ3) is 5.08. The lowest BCUT2D eigenvalue weighted by atomic mass is 10.0. The maximum atomic E-state index is 14.9. The van der Waals surface area contributed by atoms with Crippen molar-refractivity contribution in [2.24, 2.45) is 5.11 Å². The molecule has 6 N–H and O–H groups in total. The van der Waals surface area contributed by atoms with Gasteiger partial charge in [0.05, 0.1) is 28.4 Å². The second-order valence-corrected chi connectivity index (χ2v) is 10.8. The molecule has 0 saturated heterocycles. The summed E-state index contributed by atoms with van der Waals surface area (Å²) in [6.45, 7) is -0.333. The fraction of sp³-hybridized carbons (Fsp3) is 0.125. The summed E-state index contributed by atoms with van der Waals surface area (Å²) in [7, 11) is 0. The molecule has 1 aliphatic carbocycles. The molecule has 234 valence electrons. The number of hydrogen-bond acceptors (Lipinski definition) is 11. The minimum atomic E-state index is -1.18. The zero-order chi connectivity index (χ0) is 32.7. The van der Waals surface area contributed by atoms with E-state index in [1.54, 1.807) is 29.3 Å². The normalized spacial score (nSPS) is 13.8. The summed E-state index contributed by atoms with van der Waals surface area (Å²) in [5, 5.41) is 23.0. The van der Waals surface area contributed by atoms with Crippen molar-refractivity contribution in [3.05, 3.63) is 101 Å². The van der Waals surface area contributed by atoms with Crippen LogP contribution in [0.15, 0.2) is 78.3 Å². The van der Waals surface area contributed by atoms with E-state index in [0.717, 1.165) is 22.9 Å². The Labute approximate surface area is 265 Å². The van der Waals surface area contributed by atoms with Gasteiger partial charge in [0.2, 0.25) is 0 Å². The number of imidazole rings is 1. The van der Waals surface area contributed by atoms with Gasteiger partial charge >= 0.3 is 0 Å². The molecule has 6 aromatic rings. The zero-order valence-electron chi connectivity index (χ0n) is 24.6. The van der Waals surface area contributed by atoms with Crippen LogP contribution < -0.4 is 16.4 Å². The van der Waals surface area contributed by atoms with Gasteiger partial charge in [0.25, 0.3) is 5.91 Å². The van der Waals surface area contributed by atoms with Gasteiger partial charge < -0.3 is 21.5 Å². The number of benzene rings is 2.